The van der Waals surface area contributed by atoms with E-state index in [0.717, 1.165) is 33.6 Å². The number of aromatic nitrogens is 5. The Bertz CT molecular complexity index is 1450. The van der Waals surface area contributed by atoms with Crippen molar-refractivity contribution in [1.29, 1.82) is 0 Å². The Morgan fingerprint density at radius 1 is 0.971 bits per heavy atom. The van der Waals surface area contributed by atoms with Crippen LogP contribution in [0.1, 0.15) is 17.8 Å². The van der Waals surface area contributed by atoms with Gasteiger partial charge in [-0.25, -0.2) is 0 Å². The number of carbonyl (C=O) groups excluding carboxylic acids is 1. The zero-order valence-corrected chi connectivity index (χ0v) is 20.6. The summed E-state index contributed by atoms with van der Waals surface area (Å²) in [6.45, 7) is 2.23. The van der Waals surface area contributed by atoms with Crippen molar-refractivity contribution < 1.29 is 9.53 Å². The van der Waals surface area contributed by atoms with E-state index in [0.29, 0.717) is 16.1 Å². The SMILES string of the molecule is CCc1nnc(NC(=O)CSc2nnc(COc3cccc4ccccc34)n2-c2ccccc2)s1. The number of carbonyl (C=O) groups is 1. The molecule has 0 bridgehead atoms. The minimum Gasteiger partial charge on any atom is -0.485 e. The maximum atomic E-state index is 12.5. The number of thioether (sulfide) groups is 1. The monoisotopic (exact) mass is 502 g/mol. The van der Waals surface area contributed by atoms with Crippen molar-refractivity contribution in [2.24, 2.45) is 0 Å². The number of para-hydroxylation sites is 1. The highest BCUT2D eigenvalue weighted by molar-refractivity contribution is 7.99. The van der Waals surface area contributed by atoms with E-state index in [1.54, 1.807) is 0 Å². The van der Waals surface area contributed by atoms with Gasteiger partial charge in [-0.1, -0.05) is 84.6 Å². The first-order valence-electron chi connectivity index (χ1n) is 11.1. The van der Waals surface area contributed by atoms with Crippen LogP contribution >= 0.6 is 23.1 Å². The summed E-state index contributed by atoms with van der Waals surface area (Å²) in [4.78, 5) is 12.5. The number of rotatable bonds is 9. The lowest BCUT2D eigenvalue weighted by atomic mass is 10.1. The Labute approximate surface area is 210 Å². The van der Waals surface area contributed by atoms with Crippen LogP contribution < -0.4 is 10.1 Å². The van der Waals surface area contributed by atoms with E-state index >= 15 is 0 Å². The maximum Gasteiger partial charge on any atom is 0.236 e. The second kappa shape index (κ2) is 10.7. The highest BCUT2D eigenvalue weighted by Crippen LogP contribution is 2.27. The largest absolute Gasteiger partial charge is 0.485 e. The van der Waals surface area contributed by atoms with Gasteiger partial charge in [-0.15, -0.1) is 20.4 Å². The predicted octanol–water partition coefficient (Wildman–Crippen LogP) is 5.14. The van der Waals surface area contributed by atoms with Crippen LogP contribution in [0.2, 0.25) is 0 Å². The Kier molecular flexibility index (Phi) is 7.01. The number of nitrogens with one attached hydrogen (secondary N) is 1. The lowest BCUT2D eigenvalue weighted by Crippen LogP contribution is -2.14. The molecule has 5 rings (SSSR count). The Morgan fingerprint density at radius 2 is 1.77 bits per heavy atom. The van der Waals surface area contributed by atoms with E-state index < -0.39 is 0 Å². The third-order valence-electron chi connectivity index (χ3n) is 5.17. The molecular formula is C25H22N6O2S2. The van der Waals surface area contributed by atoms with Crippen molar-refractivity contribution in [1.82, 2.24) is 25.0 Å². The van der Waals surface area contributed by atoms with E-state index in [-0.39, 0.29) is 18.3 Å². The molecule has 0 atom stereocenters. The van der Waals surface area contributed by atoms with Crippen LogP contribution in [0.4, 0.5) is 5.13 Å². The Balaban J connectivity index is 1.34. The van der Waals surface area contributed by atoms with Crippen LogP contribution in [-0.2, 0) is 17.8 Å². The van der Waals surface area contributed by atoms with Crippen LogP contribution in [0.25, 0.3) is 16.5 Å². The summed E-state index contributed by atoms with van der Waals surface area (Å²) >= 11 is 2.68. The van der Waals surface area contributed by atoms with Gasteiger partial charge < -0.3 is 4.74 Å². The number of amides is 1. The summed E-state index contributed by atoms with van der Waals surface area (Å²) < 4.78 is 8.09. The number of aryl methyl sites for hydroxylation is 1. The molecule has 0 spiro atoms. The maximum absolute atomic E-state index is 12.5. The van der Waals surface area contributed by atoms with E-state index in [1.165, 1.54) is 23.1 Å². The molecule has 176 valence electrons. The first-order chi connectivity index (χ1) is 17.2. The summed E-state index contributed by atoms with van der Waals surface area (Å²) in [5, 5.41) is 23.7. The summed E-state index contributed by atoms with van der Waals surface area (Å²) in [5.74, 6) is 1.41. The Hall–Kier alpha value is -3.76. The van der Waals surface area contributed by atoms with Gasteiger partial charge in [0.05, 0.1) is 5.75 Å². The second-order valence-electron chi connectivity index (χ2n) is 7.53. The normalized spacial score (nSPS) is 11.0. The fourth-order valence-electron chi connectivity index (χ4n) is 3.52. The van der Waals surface area contributed by atoms with E-state index in [4.69, 9.17) is 4.74 Å². The third kappa shape index (κ3) is 5.33. The van der Waals surface area contributed by atoms with Gasteiger partial charge in [0.1, 0.15) is 17.4 Å². The smallest absolute Gasteiger partial charge is 0.236 e. The lowest BCUT2D eigenvalue weighted by Gasteiger charge is -2.12. The first-order valence-corrected chi connectivity index (χ1v) is 12.9. The molecule has 5 aromatic rings. The van der Waals surface area contributed by atoms with Crippen LogP contribution in [0, 0.1) is 0 Å². The molecular weight excluding hydrogens is 480 g/mol. The molecule has 1 amide bonds. The van der Waals surface area contributed by atoms with Crippen LogP contribution in [-0.4, -0.2) is 36.6 Å². The zero-order chi connectivity index (χ0) is 24.0. The van der Waals surface area contributed by atoms with Crippen molar-refractivity contribution in [3.8, 4) is 11.4 Å². The number of hydrogen-bond donors (Lipinski definition) is 1. The quantitative estimate of drug-likeness (QED) is 0.279. The molecule has 0 saturated heterocycles. The molecule has 1 N–H and O–H groups in total. The third-order valence-corrected chi connectivity index (χ3v) is 7.08. The highest BCUT2D eigenvalue weighted by atomic mass is 32.2. The number of ether oxygens (including phenoxy) is 1. The number of fused-ring (bicyclic) bond motifs is 1. The molecule has 10 heteroatoms. The highest BCUT2D eigenvalue weighted by Gasteiger charge is 2.17. The molecule has 0 aliphatic heterocycles. The lowest BCUT2D eigenvalue weighted by molar-refractivity contribution is -0.113. The van der Waals surface area contributed by atoms with Gasteiger partial charge in [0, 0.05) is 11.1 Å². The molecule has 0 radical (unpaired) electrons. The molecule has 3 aromatic carbocycles. The minimum atomic E-state index is -0.176. The fraction of sp³-hybridized carbons (Fsp3) is 0.160. The average Bonchev–Trinajstić information content (AvgIpc) is 3.53. The van der Waals surface area contributed by atoms with Crippen LogP contribution in [0.5, 0.6) is 5.75 Å². The summed E-state index contributed by atoms with van der Waals surface area (Å²) in [6, 6.07) is 23.9. The summed E-state index contributed by atoms with van der Waals surface area (Å²) in [5.41, 5.74) is 0.897. The fourth-order valence-corrected chi connectivity index (χ4v) is 4.99. The summed E-state index contributed by atoms with van der Waals surface area (Å²) in [6.07, 6.45) is 0.784. The molecule has 0 fully saturated rings. The van der Waals surface area contributed by atoms with Crippen LogP contribution in [0.3, 0.4) is 0 Å². The van der Waals surface area contributed by atoms with Crippen molar-refractivity contribution >= 4 is 44.9 Å². The average molecular weight is 503 g/mol. The van der Waals surface area contributed by atoms with Gasteiger partial charge in [-0.3, -0.25) is 14.7 Å². The number of anilines is 1. The molecule has 2 heterocycles. The number of nitrogens with zero attached hydrogens (tertiary/aromatic N) is 5. The van der Waals surface area contributed by atoms with E-state index in [1.807, 2.05) is 72.2 Å². The van der Waals surface area contributed by atoms with E-state index in [9.17, 15) is 4.79 Å². The number of hydrogen-bond acceptors (Lipinski definition) is 8. The van der Waals surface area contributed by atoms with Gasteiger partial charge in [-0.05, 0) is 30.0 Å². The second-order valence-corrected chi connectivity index (χ2v) is 9.53. The number of benzene rings is 3. The van der Waals surface area contributed by atoms with Crippen molar-refractivity contribution in [3.05, 3.63) is 83.6 Å². The standard InChI is InChI=1S/C25H22N6O2S2/c1-2-23-28-29-24(35-23)26-22(32)16-34-25-30-27-21(31(25)18-11-4-3-5-12-18)15-33-20-14-8-10-17-9-6-7-13-19(17)20/h3-14H,2,15-16H2,1H3,(H,26,29,32). The van der Waals surface area contributed by atoms with Gasteiger partial charge in [-0.2, -0.15) is 0 Å². The van der Waals surface area contributed by atoms with Gasteiger partial charge >= 0.3 is 0 Å². The van der Waals surface area contributed by atoms with Gasteiger partial charge in [0.2, 0.25) is 11.0 Å². The molecule has 35 heavy (non-hydrogen) atoms. The van der Waals surface area contributed by atoms with Gasteiger partial charge in [0.25, 0.3) is 0 Å². The van der Waals surface area contributed by atoms with Crippen molar-refractivity contribution in [2.75, 3.05) is 11.1 Å². The van der Waals surface area contributed by atoms with Gasteiger partial charge in [0.15, 0.2) is 11.0 Å². The van der Waals surface area contributed by atoms with E-state index in [2.05, 4.69) is 37.8 Å². The first kappa shape index (κ1) is 23.0. The Morgan fingerprint density at radius 3 is 2.60 bits per heavy atom. The van der Waals surface area contributed by atoms with Crippen LogP contribution in [0.15, 0.2) is 78.0 Å². The molecule has 0 unspecified atom stereocenters. The molecule has 0 aliphatic rings. The summed E-state index contributed by atoms with van der Waals surface area (Å²) in [7, 11) is 0. The predicted molar refractivity (Wildman–Crippen MR) is 138 cm³/mol. The minimum absolute atomic E-state index is 0.163. The molecule has 0 aliphatic carbocycles. The van der Waals surface area contributed by atoms with Crippen molar-refractivity contribution in [2.45, 2.75) is 25.1 Å². The zero-order valence-electron chi connectivity index (χ0n) is 18.9. The van der Waals surface area contributed by atoms with Crippen molar-refractivity contribution in [3.63, 3.8) is 0 Å². The molecule has 2 aromatic heterocycles. The molecule has 8 nitrogen and oxygen atoms in total. The topological polar surface area (TPSA) is 94.8 Å². The molecule has 0 saturated carbocycles.